The molecule has 28 heavy (non-hydrogen) atoms. The van der Waals surface area contributed by atoms with Gasteiger partial charge >= 0.3 is 0 Å². The monoisotopic (exact) mass is 408 g/mol. The predicted octanol–water partition coefficient (Wildman–Crippen LogP) is 3.55. The molecule has 1 N–H and O–H groups in total. The number of anilines is 1. The van der Waals surface area contributed by atoms with Gasteiger partial charge in [0.05, 0.1) is 21.6 Å². The van der Waals surface area contributed by atoms with Gasteiger partial charge in [-0.1, -0.05) is 11.6 Å². The molecule has 10 heteroatoms. The first-order valence-corrected chi connectivity index (χ1v) is 10.6. The average molecular weight is 408 g/mol. The molecule has 0 bridgehead atoms. The lowest BCUT2D eigenvalue weighted by Gasteiger charge is -2.26. The summed E-state index contributed by atoms with van der Waals surface area (Å²) in [6.07, 6.45) is 2.60. The summed E-state index contributed by atoms with van der Waals surface area (Å²) in [5.41, 5.74) is 1.48. The van der Waals surface area contributed by atoms with Gasteiger partial charge in [0.25, 0.3) is 5.69 Å². The van der Waals surface area contributed by atoms with E-state index in [9.17, 15) is 18.5 Å². The fourth-order valence-corrected chi connectivity index (χ4v) is 5.15. The van der Waals surface area contributed by atoms with Crippen LogP contribution in [0.4, 0.5) is 11.4 Å². The molecular weight excluding hydrogens is 384 g/mol. The Bertz CT molecular complexity index is 960. The Kier molecular flexibility index (Phi) is 5.71. The maximum atomic E-state index is 12.8. The summed E-state index contributed by atoms with van der Waals surface area (Å²) in [4.78, 5) is 11.0. The van der Waals surface area contributed by atoms with Crippen molar-refractivity contribution in [3.8, 4) is 0 Å². The van der Waals surface area contributed by atoms with Crippen LogP contribution in [0.5, 0.6) is 0 Å². The molecule has 1 saturated heterocycles. The highest BCUT2D eigenvalue weighted by molar-refractivity contribution is 7.89. The van der Waals surface area contributed by atoms with Crippen molar-refractivity contribution in [2.75, 3.05) is 18.4 Å². The number of piperidine rings is 1. The third-order valence-electron chi connectivity index (χ3n) is 5.01. The Hall–Kier alpha value is -2.46. The molecule has 1 unspecified atom stereocenters. The molecule has 9 nitrogen and oxygen atoms in total. The van der Waals surface area contributed by atoms with Gasteiger partial charge in [-0.05, 0) is 45.7 Å². The summed E-state index contributed by atoms with van der Waals surface area (Å²) in [5, 5.41) is 18.6. The number of nitrogens with one attached hydrogen (secondary N) is 1. The standard InChI is InChI=1S/C18H24N4O5S/c1-12(18-13(2)20-27-14(18)3)19-16-8-7-15(11-17(16)22(23)24)28(25,26)21-9-5-4-6-10-21/h7-8,11-12,19H,4-6,9-10H2,1-3H3. The van der Waals surface area contributed by atoms with E-state index in [1.807, 2.05) is 6.92 Å². The molecule has 3 rings (SSSR count). The van der Waals surface area contributed by atoms with E-state index in [1.165, 1.54) is 16.4 Å². The Morgan fingerprint density at radius 1 is 1.25 bits per heavy atom. The lowest BCUT2D eigenvalue weighted by molar-refractivity contribution is -0.384. The summed E-state index contributed by atoms with van der Waals surface area (Å²) in [6, 6.07) is 3.70. The van der Waals surface area contributed by atoms with E-state index in [2.05, 4.69) is 10.5 Å². The van der Waals surface area contributed by atoms with Gasteiger partial charge in [0.15, 0.2) is 0 Å². The first-order chi connectivity index (χ1) is 13.2. The van der Waals surface area contributed by atoms with Crippen LogP contribution < -0.4 is 5.32 Å². The van der Waals surface area contributed by atoms with E-state index >= 15 is 0 Å². The van der Waals surface area contributed by atoms with E-state index < -0.39 is 14.9 Å². The number of benzene rings is 1. The van der Waals surface area contributed by atoms with Gasteiger partial charge < -0.3 is 9.84 Å². The van der Waals surface area contributed by atoms with E-state index in [0.717, 1.165) is 30.9 Å². The SMILES string of the molecule is Cc1noc(C)c1C(C)Nc1ccc(S(=O)(=O)N2CCCCC2)cc1[N+](=O)[O-]. The van der Waals surface area contributed by atoms with E-state index in [0.29, 0.717) is 24.5 Å². The van der Waals surface area contributed by atoms with E-state index in [4.69, 9.17) is 4.52 Å². The molecule has 152 valence electrons. The highest BCUT2D eigenvalue weighted by Gasteiger charge is 2.29. The van der Waals surface area contributed by atoms with Crippen molar-refractivity contribution < 1.29 is 17.9 Å². The largest absolute Gasteiger partial charge is 0.373 e. The molecule has 1 fully saturated rings. The summed E-state index contributed by atoms with van der Waals surface area (Å²) >= 11 is 0. The van der Waals surface area contributed by atoms with Crippen LogP contribution in [-0.2, 0) is 10.0 Å². The molecule has 1 aliphatic heterocycles. The molecule has 0 saturated carbocycles. The van der Waals surface area contributed by atoms with Crippen molar-refractivity contribution in [3.63, 3.8) is 0 Å². The number of rotatable bonds is 6. The van der Waals surface area contributed by atoms with Crippen LogP contribution in [0.1, 0.15) is 49.2 Å². The molecule has 0 radical (unpaired) electrons. The summed E-state index contributed by atoms with van der Waals surface area (Å²) in [5.74, 6) is 0.629. The summed E-state index contributed by atoms with van der Waals surface area (Å²) < 4.78 is 32.2. The normalized spacial score (nSPS) is 16.7. The number of aryl methyl sites for hydroxylation is 2. The maximum absolute atomic E-state index is 12.8. The topological polar surface area (TPSA) is 119 Å². The highest BCUT2D eigenvalue weighted by Crippen LogP contribution is 2.33. The molecule has 1 atom stereocenters. The second-order valence-electron chi connectivity index (χ2n) is 7.00. The molecule has 0 spiro atoms. The molecule has 1 aliphatic rings. The number of nitrogens with zero attached hydrogens (tertiary/aromatic N) is 3. The van der Waals surface area contributed by atoms with Crippen molar-refractivity contribution >= 4 is 21.4 Å². The van der Waals surface area contributed by atoms with Crippen LogP contribution in [0.2, 0.25) is 0 Å². The first-order valence-electron chi connectivity index (χ1n) is 9.19. The third-order valence-corrected chi connectivity index (χ3v) is 6.91. The first kappa shape index (κ1) is 20.3. The quantitative estimate of drug-likeness (QED) is 0.573. The van der Waals surface area contributed by atoms with Gasteiger partial charge in [0.1, 0.15) is 11.4 Å². The van der Waals surface area contributed by atoms with Crippen LogP contribution in [0, 0.1) is 24.0 Å². The maximum Gasteiger partial charge on any atom is 0.293 e. The minimum Gasteiger partial charge on any atom is -0.373 e. The molecule has 0 amide bonds. The number of nitro benzene ring substituents is 1. The van der Waals surface area contributed by atoms with Crippen LogP contribution in [0.3, 0.4) is 0 Å². The zero-order valence-corrected chi connectivity index (χ0v) is 17.0. The molecule has 0 aliphatic carbocycles. The van der Waals surface area contributed by atoms with Crippen molar-refractivity contribution in [1.82, 2.24) is 9.46 Å². The van der Waals surface area contributed by atoms with Gasteiger partial charge in [-0.3, -0.25) is 10.1 Å². The van der Waals surface area contributed by atoms with Gasteiger partial charge in [-0.2, -0.15) is 4.31 Å². The van der Waals surface area contributed by atoms with Crippen molar-refractivity contribution in [2.45, 2.75) is 51.0 Å². The fourth-order valence-electron chi connectivity index (χ4n) is 3.61. The summed E-state index contributed by atoms with van der Waals surface area (Å²) in [6.45, 7) is 6.30. The average Bonchev–Trinajstić information content (AvgIpc) is 3.00. The van der Waals surface area contributed by atoms with Crippen LogP contribution in [0.25, 0.3) is 0 Å². The Balaban J connectivity index is 1.92. The molecular formula is C18H24N4O5S. The van der Waals surface area contributed by atoms with E-state index in [1.54, 1.807) is 13.8 Å². The minimum absolute atomic E-state index is 0.0587. The van der Waals surface area contributed by atoms with Gasteiger partial charge in [0, 0.05) is 24.7 Å². The second-order valence-corrected chi connectivity index (χ2v) is 8.94. The number of sulfonamides is 1. The van der Waals surface area contributed by atoms with Crippen molar-refractivity contribution in [2.24, 2.45) is 0 Å². The zero-order valence-electron chi connectivity index (χ0n) is 16.1. The predicted molar refractivity (Wildman–Crippen MR) is 104 cm³/mol. The number of nitro groups is 1. The molecule has 1 aromatic heterocycles. The number of aromatic nitrogens is 1. The van der Waals surface area contributed by atoms with Crippen LogP contribution in [0.15, 0.2) is 27.6 Å². The number of hydrogen-bond donors (Lipinski definition) is 1. The molecule has 1 aromatic carbocycles. The van der Waals surface area contributed by atoms with E-state index in [-0.39, 0.29) is 22.3 Å². The lowest BCUT2D eigenvalue weighted by atomic mass is 10.1. The molecule has 2 aromatic rings. The van der Waals surface area contributed by atoms with Gasteiger partial charge in [-0.15, -0.1) is 0 Å². The number of hydrogen-bond acceptors (Lipinski definition) is 7. The highest BCUT2D eigenvalue weighted by atomic mass is 32.2. The Labute approximate surface area is 163 Å². The Morgan fingerprint density at radius 3 is 2.50 bits per heavy atom. The minimum atomic E-state index is -3.74. The van der Waals surface area contributed by atoms with Crippen molar-refractivity contribution in [3.05, 3.63) is 45.3 Å². The van der Waals surface area contributed by atoms with Gasteiger partial charge in [-0.25, -0.2) is 8.42 Å². The van der Waals surface area contributed by atoms with Crippen LogP contribution in [-0.4, -0.2) is 35.9 Å². The van der Waals surface area contributed by atoms with Crippen LogP contribution >= 0.6 is 0 Å². The lowest BCUT2D eigenvalue weighted by Crippen LogP contribution is -2.35. The Morgan fingerprint density at radius 2 is 1.93 bits per heavy atom. The van der Waals surface area contributed by atoms with Crippen molar-refractivity contribution in [1.29, 1.82) is 0 Å². The third kappa shape index (κ3) is 3.88. The smallest absolute Gasteiger partial charge is 0.293 e. The van der Waals surface area contributed by atoms with Gasteiger partial charge in [0.2, 0.25) is 10.0 Å². The second kappa shape index (κ2) is 7.88. The molecule has 2 heterocycles. The fraction of sp³-hybridized carbons (Fsp3) is 0.500. The zero-order chi connectivity index (χ0) is 20.5. The summed E-state index contributed by atoms with van der Waals surface area (Å²) in [7, 11) is -3.74.